The first-order valence-corrected chi connectivity index (χ1v) is 2.41. The molecule has 0 aliphatic heterocycles. The van der Waals surface area contributed by atoms with Gasteiger partial charge in [0.15, 0.2) is 5.11 Å². The van der Waals surface area contributed by atoms with E-state index in [-0.39, 0.29) is 5.91 Å². The maximum Gasteiger partial charge on any atom is 0.330 e. The molecule has 0 aliphatic rings. The fraction of sp³-hybridized carbons (Fsp3) is 0.750. The Morgan fingerprint density at radius 3 is 2.88 bits per heavy atom. The van der Waals surface area contributed by atoms with Crippen molar-refractivity contribution >= 4 is 5.91 Å². The molecule has 1 amide bonds. The van der Waals surface area contributed by atoms with Crippen molar-refractivity contribution in [2.45, 2.75) is 19.8 Å². The van der Waals surface area contributed by atoms with Crippen LogP contribution < -0.4 is 4.91 Å². The molecule has 0 fully saturated rings. The van der Waals surface area contributed by atoms with Crippen LogP contribution in [0.5, 0.6) is 0 Å². The first-order valence-electron chi connectivity index (χ1n) is 2.41. The third-order valence-electron chi connectivity index (χ3n) is 0.625. The van der Waals surface area contributed by atoms with Crippen LogP contribution in [-0.4, -0.2) is 5.91 Å². The monoisotopic (exact) mass is 114 g/mol. The molecule has 0 aromatic rings. The SMILES string of the molecule is CCCC(=O)N=[N+]=N. The fourth-order valence-electron chi connectivity index (χ4n) is 0.320. The van der Waals surface area contributed by atoms with E-state index in [1.54, 1.807) is 0 Å². The lowest BCUT2D eigenvalue weighted by atomic mass is 10.3. The summed E-state index contributed by atoms with van der Waals surface area (Å²) >= 11 is 0. The van der Waals surface area contributed by atoms with Gasteiger partial charge in [-0.1, -0.05) is 6.92 Å². The van der Waals surface area contributed by atoms with Crippen LogP contribution in [0.4, 0.5) is 0 Å². The van der Waals surface area contributed by atoms with E-state index < -0.39 is 0 Å². The number of nitrogens with zero attached hydrogens (tertiary/aromatic N) is 2. The van der Waals surface area contributed by atoms with Crippen molar-refractivity contribution in [2.75, 3.05) is 0 Å². The Kier molecular flexibility index (Phi) is 3.62. The zero-order valence-electron chi connectivity index (χ0n) is 4.72. The van der Waals surface area contributed by atoms with Crippen molar-refractivity contribution in [1.29, 1.82) is 5.53 Å². The zero-order chi connectivity index (χ0) is 6.41. The number of amides is 1. The Morgan fingerprint density at radius 2 is 2.50 bits per heavy atom. The zero-order valence-corrected chi connectivity index (χ0v) is 4.72. The second-order valence-electron chi connectivity index (χ2n) is 1.34. The van der Waals surface area contributed by atoms with E-state index in [0.717, 1.165) is 6.42 Å². The van der Waals surface area contributed by atoms with E-state index in [9.17, 15) is 4.79 Å². The van der Waals surface area contributed by atoms with Crippen molar-refractivity contribution in [2.24, 2.45) is 5.11 Å². The molecule has 0 unspecified atom stereocenters. The quantitative estimate of drug-likeness (QED) is 0.420. The largest absolute Gasteiger partial charge is 0.330 e. The van der Waals surface area contributed by atoms with Gasteiger partial charge in [-0.25, -0.2) is 0 Å². The third kappa shape index (κ3) is 3.18. The van der Waals surface area contributed by atoms with Gasteiger partial charge in [0.1, 0.15) is 5.53 Å². The molecule has 0 aromatic heterocycles. The van der Waals surface area contributed by atoms with E-state index >= 15 is 0 Å². The van der Waals surface area contributed by atoms with Gasteiger partial charge in [0, 0.05) is 6.42 Å². The summed E-state index contributed by atoms with van der Waals surface area (Å²) in [5, 5.41) is 2.97. The second kappa shape index (κ2) is 4.15. The Morgan fingerprint density at radius 1 is 1.88 bits per heavy atom. The minimum Gasteiger partial charge on any atom is -0.265 e. The normalized spacial score (nSPS) is 7.62. The molecule has 0 aliphatic carbocycles. The Hall–Kier alpha value is -1.02. The lowest BCUT2D eigenvalue weighted by Gasteiger charge is -1.75. The van der Waals surface area contributed by atoms with Crippen molar-refractivity contribution in [3.8, 4) is 0 Å². The molecule has 0 bridgehead atoms. The van der Waals surface area contributed by atoms with Crippen LogP contribution in [0.3, 0.4) is 0 Å². The van der Waals surface area contributed by atoms with Gasteiger partial charge < -0.3 is 0 Å². The molecule has 0 atom stereocenters. The van der Waals surface area contributed by atoms with Gasteiger partial charge in [-0.3, -0.25) is 4.79 Å². The molecule has 1 N–H and O–H groups in total. The highest BCUT2D eigenvalue weighted by Gasteiger charge is 2.00. The summed E-state index contributed by atoms with van der Waals surface area (Å²) in [5.74, 6) is -0.317. The van der Waals surface area contributed by atoms with Gasteiger partial charge in [0.25, 0.3) is 0 Å². The minimum atomic E-state index is -0.317. The Labute approximate surface area is 47.1 Å². The Bertz CT molecular complexity index is 125. The molecule has 0 radical (unpaired) electrons. The average Bonchev–Trinajstić information content (AvgIpc) is 1.68. The fourth-order valence-corrected chi connectivity index (χ4v) is 0.320. The van der Waals surface area contributed by atoms with Crippen LogP contribution in [0.1, 0.15) is 19.8 Å². The van der Waals surface area contributed by atoms with Crippen molar-refractivity contribution in [1.82, 2.24) is 4.91 Å². The summed E-state index contributed by atoms with van der Waals surface area (Å²) < 4.78 is 0. The van der Waals surface area contributed by atoms with Crippen molar-refractivity contribution in [3.63, 3.8) is 0 Å². The molecule has 0 spiro atoms. The summed E-state index contributed by atoms with van der Waals surface area (Å²) in [7, 11) is 0. The average molecular weight is 114 g/mol. The number of nitrogens with one attached hydrogen (secondary N) is 1. The van der Waals surface area contributed by atoms with E-state index in [4.69, 9.17) is 5.53 Å². The van der Waals surface area contributed by atoms with Crippen molar-refractivity contribution < 1.29 is 4.79 Å². The molecule has 4 nitrogen and oxygen atoms in total. The van der Waals surface area contributed by atoms with Crippen LogP contribution in [0.2, 0.25) is 0 Å². The standard InChI is InChI=1S/C4H8N3O/c1-2-3-4(8)6-7-5/h5H,2-3H2,1H3/q+1. The lowest BCUT2D eigenvalue weighted by molar-refractivity contribution is -0.118. The predicted molar refractivity (Wildman–Crippen MR) is 27.2 cm³/mol. The first-order chi connectivity index (χ1) is 3.81. The molecule has 0 saturated heterocycles. The highest BCUT2D eigenvalue weighted by Crippen LogP contribution is 1.86. The molecule has 0 saturated carbocycles. The maximum atomic E-state index is 10.3. The van der Waals surface area contributed by atoms with E-state index in [0.29, 0.717) is 6.42 Å². The molecule has 8 heavy (non-hydrogen) atoms. The van der Waals surface area contributed by atoms with E-state index in [1.165, 1.54) is 0 Å². The van der Waals surface area contributed by atoms with Crippen molar-refractivity contribution in [3.05, 3.63) is 0 Å². The molecule has 4 heteroatoms. The molecular weight excluding hydrogens is 106 g/mol. The minimum absolute atomic E-state index is 0.317. The van der Waals surface area contributed by atoms with Crippen LogP contribution in [0, 0.1) is 5.53 Å². The summed E-state index contributed by atoms with van der Waals surface area (Å²) in [6.45, 7) is 1.87. The Balaban J connectivity index is 3.49. The molecule has 0 heterocycles. The highest BCUT2D eigenvalue weighted by molar-refractivity contribution is 5.75. The first kappa shape index (κ1) is 6.98. The molecule has 0 rings (SSSR count). The number of carbonyl (C=O) groups is 1. The van der Waals surface area contributed by atoms with Gasteiger partial charge in [-0.15, -0.1) is 0 Å². The lowest BCUT2D eigenvalue weighted by Crippen LogP contribution is -1.89. The van der Waals surface area contributed by atoms with Gasteiger partial charge in [-0.05, 0) is 6.42 Å². The van der Waals surface area contributed by atoms with Crippen LogP contribution >= 0.6 is 0 Å². The van der Waals surface area contributed by atoms with E-state index in [1.807, 2.05) is 6.92 Å². The summed E-state index contributed by atoms with van der Waals surface area (Å²) in [4.78, 5) is 12.8. The molecule has 0 aromatic carbocycles. The second-order valence-corrected chi connectivity index (χ2v) is 1.34. The third-order valence-corrected chi connectivity index (χ3v) is 0.625. The van der Waals surface area contributed by atoms with Gasteiger partial charge in [0.2, 0.25) is 4.91 Å². The van der Waals surface area contributed by atoms with Gasteiger partial charge in [-0.2, -0.15) is 0 Å². The summed E-state index contributed by atoms with van der Waals surface area (Å²) in [5.41, 5.74) is 6.15. The van der Waals surface area contributed by atoms with Gasteiger partial charge in [0.05, 0.1) is 0 Å². The number of hydrogen-bond donors (Lipinski definition) is 1. The van der Waals surface area contributed by atoms with Crippen LogP contribution in [0.15, 0.2) is 5.11 Å². The smallest absolute Gasteiger partial charge is 0.265 e. The summed E-state index contributed by atoms with van der Waals surface area (Å²) in [6.07, 6.45) is 1.15. The highest BCUT2D eigenvalue weighted by atomic mass is 16.1. The summed E-state index contributed by atoms with van der Waals surface area (Å²) in [6, 6.07) is 0. The number of carbonyl (C=O) groups excluding carboxylic acids is 1. The predicted octanol–water partition coefficient (Wildman–Crippen LogP) is 0.863. The number of rotatable bonds is 2. The van der Waals surface area contributed by atoms with Gasteiger partial charge >= 0.3 is 5.91 Å². The topological polar surface area (TPSA) is 67.4 Å². The molecular formula is C4H8N3O+. The number of hydrogen-bond acceptors (Lipinski definition) is 2. The maximum absolute atomic E-state index is 10.3. The van der Waals surface area contributed by atoms with E-state index in [2.05, 4.69) is 10.0 Å². The van der Waals surface area contributed by atoms with Crippen LogP contribution in [-0.2, 0) is 4.79 Å². The molecule has 44 valence electrons. The van der Waals surface area contributed by atoms with Crippen LogP contribution in [0.25, 0.3) is 0 Å².